The summed E-state index contributed by atoms with van der Waals surface area (Å²) in [5.74, 6) is 0.425. The number of carbonyl (C=O) groups excluding carboxylic acids is 4. The maximum absolute atomic E-state index is 12.7. The van der Waals surface area contributed by atoms with Gasteiger partial charge in [-0.15, -0.1) is 11.3 Å². The van der Waals surface area contributed by atoms with Gasteiger partial charge in [-0.25, -0.2) is 4.98 Å². The van der Waals surface area contributed by atoms with Crippen molar-refractivity contribution in [1.29, 1.82) is 0 Å². The number of alkyl halides is 12. The predicted octanol–water partition coefficient (Wildman–Crippen LogP) is 17.6. The lowest BCUT2D eigenvalue weighted by Crippen LogP contribution is -2.13. The summed E-state index contributed by atoms with van der Waals surface area (Å²) < 4.78 is 174. The number of hydrogen-bond acceptors (Lipinski definition) is 18. The highest BCUT2D eigenvalue weighted by Gasteiger charge is 2.35. The second-order valence-electron chi connectivity index (χ2n) is 25.1. The van der Waals surface area contributed by atoms with E-state index in [-0.39, 0.29) is 49.5 Å². The average Bonchev–Trinajstić information content (AvgIpc) is 1.66. The Hall–Kier alpha value is -14.2. The van der Waals surface area contributed by atoms with Crippen LogP contribution in [0.3, 0.4) is 0 Å². The number of halogens is 12. The Morgan fingerprint density at radius 1 is 0.383 bits per heavy atom. The Kier molecular flexibility index (Phi) is 22.6. The summed E-state index contributed by atoms with van der Waals surface area (Å²) in [5.41, 5.74) is 5.02. The van der Waals surface area contributed by atoms with E-state index >= 15 is 0 Å². The number of benzene rings is 4. The number of thiazole rings is 1. The van der Waals surface area contributed by atoms with E-state index in [2.05, 4.69) is 71.7 Å². The number of nitrogens with zero attached hydrogens (tertiary/aromatic N) is 14. The number of nitrogens with one attached hydrogen (secondary N) is 4. The molecule has 0 atom stereocenters. The number of furan rings is 2. The zero-order chi connectivity index (χ0) is 81.5. The number of para-hydroxylation sites is 4. The number of anilines is 4. The van der Waals surface area contributed by atoms with Crippen molar-refractivity contribution in [2.45, 2.75) is 71.7 Å². The summed E-state index contributed by atoms with van der Waals surface area (Å²) >= 11 is 1.24. The van der Waals surface area contributed by atoms with E-state index in [1.54, 1.807) is 81.4 Å². The molecule has 0 aliphatic rings. The van der Waals surface area contributed by atoms with Crippen molar-refractivity contribution < 1.29 is 85.2 Å². The average molecular weight is 1610 g/mol. The van der Waals surface area contributed by atoms with Crippen LogP contribution in [0, 0.1) is 20.8 Å². The number of amides is 4. The van der Waals surface area contributed by atoms with Crippen molar-refractivity contribution in [3.63, 3.8) is 0 Å². The highest BCUT2D eigenvalue weighted by Crippen LogP contribution is 2.34. The third kappa shape index (κ3) is 18.6. The van der Waals surface area contributed by atoms with Crippen LogP contribution in [0.15, 0.2) is 226 Å². The predicted molar refractivity (Wildman–Crippen MR) is 394 cm³/mol. The number of aryl methyl sites for hydroxylation is 3. The first-order valence-electron chi connectivity index (χ1n) is 33.9. The molecule has 4 aromatic carbocycles. The van der Waals surface area contributed by atoms with Crippen molar-refractivity contribution in [1.82, 2.24) is 69.2 Å². The summed E-state index contributed by atoms with van der Waals surface area (Å²) in [6.45, 7) is 5.88. The normalized spacial score (nSPS) is 11.7. The van der Waals surface area contributed by atoms with Crippen LogP contribution in [0.4, 0.5) is 76.0 Å². The van der Waals surface area contributed by atoms with Crippen molar-refractivity contribution in [3.8, 4) is 0 Å². The first-order valence-corrected chi connectivity index (χ1v) is 34.8. The van der Waals surface area contributed by atoms with Crippen molar-refractivity contribution in [2.75, 3.05) is 21.3 Å². The monoisotopic (exact) mass is 1600 g/mol. The molecule has 12 heterocycles. The number of rotatable bonds is 16. The van der Waals surface area contributed by atoms with Crippen molar-refractivity contribution >= 4 is 102 Å². The number of hydrogen-bond donors (Lipinski definition) is 4. The van der Waals surface area contributed by atoms with Crippen molar-refractivity contribution in [2.24, 2.45) is 0 Å². The molecular formula is C77H56F12N18O7S. The smallest absolute Gasteiger partial charge is 0.433 e. The molecular weight excluding hydrogens is 1550 g/mol. The fraction of sp³-hybridized carbons (Fsp3) is 0.143. The minimum atomic E-state index is -4.49. The van der Waals surface area contributed by atoms with Crippen LogP contribution in [0.2, 0.25) is 0 Å². The summed E-state index contributed by atoms with van der Waals surface area (Å²) in [6.07, 6.45) is -7.87. The summed E-state index contributed by atoms with van der Waals surface area (Å²) in [4.78, 5) is 68.2. The van der Waals surface area contributed by atoms with Gasteiger partial charge in [0.1, 0.15) is 51.5 Å². The molecule has 4 N–H and O–H groups in total. The number of fused-ring (bicyclic) bond motifs is 4. The minimum absolute atomic E-state index is 0.188. The lowest BCUT2D eigenvalue weighted by Gasteiger charge is -2.07. The molecule has 0 saturated heterocycles. The van der Waals surface area contributed by atoms with Gasteiger partial charge in [-0.3, -0.25) is 57.8 Å². The molecule has 0 fully saturated rings. The molecule has 586 valence electrons. The topological polar surface area (TPSA) is 304 Å². The second-order valence-corrected chi connectivity index (χ2v) is 25.9. The minimum Gasteiger partial charge on any atom is -0.472 e. The summed E-state index contributed by atoms with van der Waals surface area (Å²) in [6, 6.07) is 41.3. The van der Waals surface area contributed by atoms with E-state index < -0.39 is 53.4 Å². The number of aromatic nitrogens is 14. The molecule has 16 aromatic rings. The standard InChI is InChI=1S/C20H15F3N4O2.C19H14F3N5O2.C19H14F3N5OS.C19H13F3N4O2/c1-12-14(8-9-29-12)19(28)25-18-15-4-2-3-5-16(15)27(26-18)11-13-6-7-17(24-10-13)20(21,22)23;1-11-14(10-29-26-11)18(28)24-17-13-4-2-3-5-15(13)27(25-17)9-12-6-7-16(23-8-12)19(20,21)22;1-11-16(29-10-24-11)18(28)25-17-13-4-2-3-5-14(13)27(26-17)9-12-6-7-15(23-8-12)19(20,21)22;20-19(21,22)16-6-5-12(9-23-16)10-26-15-4-2-1-3-14(15)17(25-26)24-18(27)13-7-8-28-11-13/h2-10H,11H2,1H3,(H,25,26,28);2-8,10H,9H2,1H3,(H,24,25,28);2-8,10H,9H2,1H3,(H,25,26,28);1-9,11H,10H2,(H,24,25,27). The second kappa shape index (κ2) is 33.0. The quantitative estimate of drug-likeness (QED) is 0.0653. The van der Waals surface area contributed by atoms with Crippen LogP contribution in [-0.4, -0.2) is 92.8 Å². The third-order valence-electron chi connectivity index (χ3n) is 17.2. The van der Waals surface area contributed by atoms with E-state index in [1.165, 1.54) is 85.3 Å². The SMILES string of the molecule is Cc1ncsc1C(=O)Nc1nn(Cc2ccc(C(F)(F)F)nc2)c2ccccc12.Cc1nocc1C(=O)Nc1nn(Cc2ccc(C(F)(F)F)nc2)c2ccccc12.Cc1occc1C(=O)Nc1nn(Cc2ccc(C(F)(F)F)nc2)c2ccccc12.O=C(Nc1nn(Cc2ccc(C(F)(F)F)nc2)c2ccccc12)c1ccoc1. The third-order valence-corrected chi connectivity index (χ3v) is 18.1. The number of carbonyl (C=O) groups is 4. The highest BCUT2D eigenvalue weighted by atomic mass is 32.1. The molecule has 0 unspecified atom stereocenters. The molecule has 0 aliphatic carbocycles. The van der Waals surface area contributed by atoms with Crippen LogP contribution in [0.1, 0.15) is 103 Å². The molecule has 12 aromatic heterocycles. The zero-order valence-corrected chi connectivity index (χ0v) is 60.4. The Labute approximate surface area is 643 Å². The molecule has 4 amide bonds. The molecule has 0 aliphatic heterocycles. The summed E-state index contributed by atoms with van der Waals surface area (Å²) in [7, 11) is 0. The maximum atomic E-state index is 12.7. The van der Waals surface area contributed by atoms with Gasteiger partial charge < -0.3 is 34.6 Å². The van der Waals surface area contributed by atoms with Gasteiger partial charge in [-0.2, -0.15) is 73.1 Å². The largest absolute Gasteiger partial charge is 0.472 e. The van der Waals surface area contributed by atoms with Gasteiger partial charge in [0.15, 0.2) is 23.3 Å². The van der Waals surface area contributed by atoms with E-state index in [1.807, 2.05) is 66.7 Å². The summed E-state index contributed by atoms with van der Waals surface area (Å²) in [5, 5.41) is 35.3. The first-order chi connectivity index (χ1) is 54.9. The van der Waals surface area contributed by atoms with Crippen molar-refractivity contribution in [3.05, 3.63) is 297 Å². The van der Waals surface area contributed by atoms with Gasteiger partial charge in [0.05, 0.1) is 88.8 Å². The maximum Gasteiger partial charge on any atom is 0.433 e. The van der Waals surface area contributed by atoms with Crippen LogP contribution < -0.4 is 21.3 Å². The molecule has 0 bridgehead atoms. The Morgan fingerprint density at radius 3 is 1.02 bits per heavy atom. The Morgan fingerprint density at radius 2 is 0.730 bits per heavy atom. The van der Waals surface area contributed by atoms with Gasteiger partial charge in [0, 0.05) is 46.3 Å². The lowest BCUT2D eigenvalue weighted by atomic mass is 10.2. The molecule has 38 heteroatoms. The molecule has 0 spiro atoms. The number of pyridine rings is 4. The fourth-order valence-electron chi connectivity index (χ4n) is 11.5. The molecule has 25 nitrogen and oxygen atoms in total. The zero-order valence-electron chi connectivity index (χ0n) is 59.6. The van der Waals surface area contributed by atoms with Crippen LogP contribution in [0.25, 0.3) is 43.6 Å². The fourth-order valence-corrected chi connectivity index (χ4v) is 12.2. The van der Waals surface area contributed by atoms with E-state index in [4.69, 9.17) is 13.4 Å². The molecule has 16 rings (SSSR count). The van der Waals surface area contributed by atoms with E-state index in [0.29, 0.717) is 100 Å². The molecule has 115 heavy (non-hydrogen) atoms. The van der Waals surface area contributed by atoms with Crippen LogP contribution in [-0.2, 0) is 50.9 Å². The first kappa shape index (κ1) is 78.9. The molecule has 0 saturated carbocycles. The van der Waals surface area contributed by atoms with Gasteiger partial charge in [-0.05, 0) is 128 Å². The van der Waals surface area contributed by atoms with Gasteiger partial charge in [0.25, 0.3) is 23.6 Å². The Balaban J connectivity index is 0.000000134. The lowest BCUT2D eigenvalue weighted by molar-refractivity contribution is -0.142. The highest BCUT2D eigenvalue weighted by molar-refractivity contribution is 7.12. The van der Waals surface area contributed by atoms with E-state index in [9.17, 15) is 71.9 Å². The Bertz CT molecular complexity index is 5700. The van der Waals surface area contributed by atoms with Gasteiger partial charge >= 0.3 is 24.7 Å². The van der Waals surface area contributed by atoms with Crippen LogP contribution in [0.5, 0.6) is 0 Å². The van der Waals surface area contributed by atoms with Gasteiger partial charge in [0.2, 0.25) is 0 Å². The van der Waals surface area contributed by atoms with Gasteiger partial charge in [-0.1, -0.05) is 78.0 Å². The molecule has 0 radical (unpaired) electrons. The van der Waals surface area contributed by atoms with Crippen LogP contribution >= 0.6 is 11.3 Å². The van der Waals surface area contributed by atoms with E-state index in [0.717, 1.165) is 52.4 Å².